The maximum absolute atomic E-state index is 11.7. The Morgan fingerprint density at radius 3 is 3.00 bits per heavy atom. The van der Waals surface area contributed by atoms with Gasteiger partial charge in [0.15, 0.2) is 0 Å². The lowest BCUT2D eigenvalue weighted by Crippen LogP contribution is -2.11. The number of benzene rings is 1. The summed E-state index contributed by atoms with van der Waals surface area (Å²) in [6, 6.07) is 5.31. The summed E-state index contributed by atoms with van der Waals surface area (Å²) in [5, 5.41) is 6.77. The molecule has 5 heteroatoms. The van der Waals surface area contributed by atoms with Crippen LogP contribution in [0.4, 0.5) is 5.69 Å². The van der Waals surface area contributed by atoms with E-state index < -0.39 is 0 Å². The minimum atomic E-state index is -0.272. The molecule has 0 saturated heterocycles. The van der Waals surface area contributed by atoms with E-state index in [1.807, 2.05) is 13.0 Å². The van der Waals surface area contributed by atoms with Gasteiger partial charge in [0.25, 0.3) is 5.91 Å². The van der Waals surface area contributed by atoms with Gasteiger partial charge >= 0.3 is 0 Å². The molecule has 0 aliphatic carbocycles. The van der Waals surface area contributed by atoms with Crippen molar-refractivity contribution < 1.29 is 9.32 Å². The molecule has 1 amide bonds. The molecule has 0 saturated carbocycles. The third kappa shape index (κ3) is 2.23. The minimum Gasteiger partial charge on any atom is -0.364 e. The van der Waals surface area contributed by atoms with Crippen molar-refractivity contribution >= 4 is 23.2 Å². The first-order valence-corrected chi connectivity index (χ1v) is 5.01. The van der Waals surface area contributed by atoms with Gasteiger partial charge in [-0.15, -0.1) is 0 Å². The number of nitrogens with one attached hydrogen (secondary N) is 1. The fourth-order valence-electron chi connectivity index (χ4n) is 1.24. The Morgan fingerprint density at radius 1 is 1.50 bits per heavy atom. The van der Waals surface area contributed by atoms with E-state index in [0.717, 1.165) is 5.56 Å². The number of carbonyl (C=O) groups excluding carboxylic acids is 1. The highest BCUT2D eigenvalue weighted by molar-refractivity contribution is 6.31. The fourth-order valence-corrected chi connectivity index (χ4v) is 1.41. The third-order valence-corrected chi connectivity index (χ3v) is 2.38. The maximum Gasteiger partial charge on any atom is 0.260 e. The molecule has 1 N–H and O–H groups in total. The number of nitrogens with zero attached hydrogens (tertiary/aromatic N) is 1. The minimum absolute atomic E-state index is 0.272. The predicted octanol–water partition coefficient (Wildman–Crippen LogP) is 2.89. The number of carbonyl (C=O) groups is 1. The van der Waals surface area contributed by atoms with Gasteiger partial charge in [-0.2, -0.15) is 0 Å². The molecule has 0 atom stereocenters. The largest absolute Gasteiger partial charge is 0.364 e. The number of aryl methyl sites for hydroxylation is 1. The van der Waals surface area contributed by atoms with Gasteiger partial charge in [0, 0.05) is 10.7 Å². The molecule has 0 aliphatic rings. The number of anilines is 1. The van der Waals surface area contributed by atoms with Crippen LogP contribution in [0, 0.1) is 6.92 Å². The summed E-state index contributed by atoms with van der Waals surface area (Å²) < 4.78 is 4.59. The summed E-state index contributed by atoms with van der Waals surface area (Å²) in [5.41, 5.74) is 1.99. The SMILES string of the molecule is Cc1ccc(Cl)cc1NC(=O)c1cnoc1. The predicted molar refractivity (Wildman–Crippen MR) is 60.6 cm³/mol. The molecule has 1 aromatic heterocycles. The van der Waals surface area contributed by atoms with Crippen LogP contribution in [0.2, 0.25) is 5.02 Å². The average molecular weight is 237 g/mol. The summed E-state index contributed by atoms with van der Waals surface area (Å²) in [6.07, 6.45) is 2.64. The first kappa shape index (κ1) is 10.7. The highest BCUT2D eigenvalue weighted by atomic mass is 35.5. The van der Waals surface area contributed by atoms with Gasteiger partial charge in [-0.3, -0.25) is 4.79 Å². The van der Waals surface area contributed by atoms with Crippen LogP contribution in [-0.4, -0.2) is 11.1 Å². The Morgan fingerprint density at radius 2 is 2.31 bits per heavy atom. The molecule has 1 aromatic carbocycles. The Kier molecular flexibility index (Phi) is 2.92. The zero-order valence-electron chi connectivity index (χ0n) is 8.53. The molecular formula is C11H9ClN2O2. The van der Waals surface area contributed by atoms with Crippen LogP contribution < -0.4 is 5.32 Å². The molecule has 2 rings (SSSR count). The number of halogens is 1. The highest BCUT2D eigenvalue weighted by Crippen LogP contribution is 2.20. The van der Waals surface area contributed by atoms with Crippen LogP contribution in [0.1, 0.15) is 15.9 Å². The highest BCUT2D eigenvalue weighted by Gasteiger charge is 2.09. The Bertz CT molecular complexity index is 509. The van der Waals surface area contributed by atoms with Crippen molar-refractivity contribution in [2.45, 2.75) is 6.92 Å². The molecule has 0 aliphatic heterocycles. The van der Waals surface area contributed by atoms with Crippen LogP contribution >= 0.6 is 11.6 Å². The van der Waals surface area contributed by atoms with Crippen molar-refractivity contribution in [2.24, 2.45) is 0 Å². The van der Waals surface area contributed by atoms with Gasteiger partial charge in [-0.1, -0.05) is 22.8 Å². The van der Waals surface area contributed by atoms with E-state index in [9.17, 15) is 4.79 Å². The smallest absolute Gasteiger partial charge is 0.260 e. The van der Waals surface area contributed by atoms with Gasteiger partial charge in [-0.25, -0.2) is 0 Å². The molecule has 82 valence electrons. The second-order valence-electron chi connectivity index (χ2n) is 3.33. The van der Waals surface area contributed by atoms with E-state index >= 15 is 0 Å². The molecule has 16 heavy (non-hydrogen) atoms. The summed E-state index contributed by atoms with van der Waals surface area (Å²) >= 11 is 5.84. The molecule has 0 fully saturated rings. The second kappa shape index (κ2) is 4.37. The molecular weight excluding hydrogens is 228 g/mol. The Labute approximate surface area is 97.2 Å². The molecule has 0 radical (unpaired) electrons. The number of hydrogen-bond donors (Lipinski definition) is 1. The number of rotatable bonds is 2. The van der Waals surface area contributed by atoms with E-state index in [1.165, 1.54) is 12.5 Å². The normalized spacial score (nSPS) is 10.1. The summed E-state index contributed by atoms with van der Waals surface area (Å²) in [4.78, 5) is 11.7. The van der Waals surface area contributed by atoms with Crippen LogP contribution in [0.25, 0.3) is 0 Å². The van der Waals surface area contributed by atoms with E-state index in [0.29, 0.717) is 16.3 Å². The lowest BCUT2D eigenvalue weighted by Gasteiger charge is -2.07. The van der Waals surface area contributed by atoms with Gasteiger partial charge < -0.3 is 9.84 Å². The van der Waals surface area contributed by atoms with Crippen molar-refractivity contribution in [1.29, 1.82) is 0 Å². The first-order valence-electron chi connectivity index (χ1n) is 4.63. The standard InChI is InChI=1S/C11H9ClN2O2/c1-7-2-3-9(12)4-10(7)14-11(15)8-5-13-16-6-8/h2-6H,1H3,(H,14,15). The van der Waals surface area contributed by atoms with Crippen molar-refractivity contribution in [3.8, 4) is 0 Å². The molecule has 0 spiro atoms. The molecule has 2 aromatic rings. The Hall–Kier alpha value is -1.81. The molecule has 0 unspecified atom stereocenters. The van der Waals surface area contributed by atoms with Crippen molar-refractivity contribution in [3.05, 3.63) is 46.8 Å². The van der Waals surface area contributed by atoms with E-state index in [4.69, 9.17) is 11.6 Å². The monoisotopic (exact) mass is 236 g/mol. The van der Waals surface area contributed by atoms with Crippen LogP contribution in [0.3, 0.4) is 0 Å². The lowest BCUT2D eigenvalue weighted by atomic mass is 10.2. The van der Waals surface area contributed by atoms with Crippen LogP contribution in [0.5, 0.6) is 0 Å². The molecule has 0 bridgehead atoms. The topological polar surface area (TPSA) is 55.1 Å². The maximum atomic E-state index is 11.7. The Balaban J connectivity index is 2.21. The van der Waals surface area contributed by atoms with Gasteiger partial charge in [0.05, 0.1) is 11.8 Å². The van der Waals surface area contributed by atoms with E-state index in [1.54, 1.807) is 12.1 Å². The summed E-state index contributed by atoms with van der Waals surface area (Å²) in [7, 11) is 0. The first-order chi connectivity index (χ1) is 7.66. The van der Waals surface area contributed by atoms with Crippen molar-refractivity contribution in [3.63, 3.8) is 0 Å². The number of hydrogen-bond acceptors (Lipinski definition) is 3. The number of aromatic nitrogens is 1. The third-order valence-electron chi connectivity index (χ3n) is 2.14. The lowest BCUT2D eigenvalue weighted by molar-refractivity contribution is 0.102. The number of amides is 1. The van der Waals surface area contributed by atoms with Gasteiger partial charge in [-0.05, 0) is 24.6 Å². The zero-order chi connectivity index (χ0) is 11.5. The van der Waals surface area contributed by atoms with Gasteiger partial charge in [0.2, 0.25) is 0 Å². The van der Waals surface area contributed by atoms with E-state index in [2.05, 4.69) is 15.0 Å². The summed E-state index contributed by atoms with van der Waals surface area (Å²) in [6.45, 7) is 1.89. The van der Waals surface area contributed by atoms with Gasteiger partial charge in [0.1, 0.15) is 6.26 Å². The summed E-state index contributed by atoms with van der Waals surface area (Å²) in [5.74, 6) is -0.272. The quantitative estimate of drug-likeness (QED) is 0.872. The second-order valence-corrected chi connectivity index (χ2v) is 3.76. The molecule has 1 heterocycles. The van der Waals surface area contributed by atoms with Crippen LogP contribution in [-0.2, 0) is 0 Å². The zero-order valence-corrected chi connectivity index (χ0v) is 9.28. The van der Waals surface area contributed by atoms with Crippen LogP contribution in [0.15, 0.2) is 35.2 Å². The molecule has 4 nitrogen and oxygen atoms in total. The fraction of sp³-hybridized carbons (Fsp3) is 0.0909. The average Bonchev–Trinajstić information content (AvgIpc) is 2.76. The van der Waals surface area contributed by atoms with E-state index in [-0.39, 0.29) is 5.91 Å². The van der Waals surface area contributed by atoms with Crippen molar-refractivity contribution in [1.82, 2.24) is 5.16 Å². The van der Waals surface area contributed by atoms with Crippen molar-refractivity contribution in [2.75, 3.05) is 5.32 Å².